The van der Waals surface area contributed by atoms with Crippen LogP contribution < -0.4 is 5.32 Å². The van der Waals surface area contributed by atoms with E-state index in [1.54, 1.807) is 7.11 Å². The van der Waals surface area contributed by atoms with Crippen LogP contribution in [0.15, 0.2) is 0 Å². The highest BCUT2D eigenvalue weighted by Crippen LogP contribution is 2.22. The van der Waals surface area contributed by atoms with Crippen LogP contribution in [-0.2, 0) is 9.47 Å². The zero-order valence-corrected chi connectivity index (χ0v) is 7.72. The van der Waals surface area contributed by atoms with E-state index < -0.39 is 0 Å². The fourth-order valence-electron chi connectivity index (χ4n) is 1.28. The third kappa shape index (κ3) is 1.53. The Morgan fingerprint density at radius 2 is 2.42 bits per heavy atom. The molecule has 0 aromatic heterocycles. The number of carbonyl (C=O) groups is 1. The van der Waals surface area contributed by atoms with Crippen molar-refractivity contribution in [2.45, 2.75) is 19.4 Å². The van der Waals surface area contributed by atoms with E-state index in [2.05, 4.69) is 5.32 Å². The molecule has 1 N–H and O–H groups in total. The Balaban J connectivity index is 2.67. The van der Waals surface area contributed by atoms with E-state index in [9.17, 15) is 4.79 Å². The van der Waals surface area contributed by atoms with Gasteiger partial charge in [-0.1, -0.05) is 13.8 Å². The Bertz CT molecular complexity index is 181. The van der Waals surface area contributed by atoms with Gasteiger partial charge in [0.25, 0.3) is 0 Å². The number of hydrogen-bond acceptors (Lipinski definition) is 3. The summed E-state index contributed by atoms with van der Waals surface area (Å²) < 4.78 is 9.90. The predicted octanol–water partition coefficient (Wildman–Crippen LogP) is 0.767. The van der Waals surface area contributed by atoms with Gasteiger partial charge in [0, 0.05) is 7.11 Å². The van der Waals surface area contributed by atoms with Crippen LogP contribution >= 0.6 is 0 Å². The van der Waals surface area contributed by atoms with Crippen molar-refractivity contribution >= 4 is 6.09 Å². The lowest BCUT2D eigenvalue weighted by Gasteiger charge is -2.29. The number of amides is 1. The normalized spacial score (nSPS) is 28.8. The van der Waals surface area contributed by atoms with Gasteiger partial charge in [0.2, 0.25) is 0 Å². The Morgan fingerprint density at radius 3 is 2.75 bits per heavy atom. The number of cyclic esters (lactones) is 1. The molecule has 1 aliphatic rings. The van der Waals surface area contributed by atoms with Crippen LogP contribution in [0.25, 0.3) is 0 Å². The van der Waals surface area contributed by atoms with Gasteiger partial charge in [0.15, 0.2) is 0 Å². The topological polar surface area (TPSA) is 47.6 Å². The van der Waals surface area contributed by atoms with Crippen LogP contribution in [0.2, 0.25) is 0 Å². The first-order chi connectivity index (χ1) is 5.60. The summed E-state index contributed by atoms with van der Waals surface area (Å²) in [6, 6.07) is 0. The maximum atomic E-state index is 10.8. The van der Waals surface area contributed by atoms with Crippen LogP contribution in [0.1, 0.15) is 13.8 Å². The molecule has 1 rings (SSSR count). The number of hydrogen-bond donors (Lipinski definition) is 1. The smallest absolute Gasteiger partial charge is 0.407 e. The molecular formula is C8H15NO3. The van der Waals surface area contributed by atoms with Crippen molar-refractivity contribution in [2.75, 3.05) is 20.3 Å². The fraction of sp³-hybridized carbons (Fsp3) is 0.875. The molecule has 0 aromatic carbocycles. The van der Waals surface area contributed by atoms with Crippen LogP contribution in [-0.4, -0.2) is 32.0 Å². The summed E-state index contributed by atoms with van der Waals surface area (Å²) in [7, 11) is 1.62. The van der Waals surface area contributed by atoms with Crippen molar-refractivity contribution in [3.63, 3.8) is 0 Å². The highest BCUT2D eigenvalue weighted by atomic mass is 16.6. The van der Waals surface area contributed by atoms with Crippen LogP contribution in [0.4, 0.5) is 4.79 Å². The molecule has 1 unspecified atom stereocenters. The lowest BCUT2D eigenvalue weighted by atomic mass is 9.89. The van der Waals surface area contributed by atoms with Crippen molar-refractivity contribution in [2.24, 2.45) is 5.92 Å². The first kappa shape index (κ1) is 9.32. The largest absolute Gasteiger partial charge is 0.447 e. The summed E-state index contributed by atoms with van der Waals surface area (Å²) in [6.45, 7) is 4.97. The quantitative estimate of drug-likeness (QED) is 0.685. The first-order valence-electron chi connectivity index (χ1n) is 4.04. The minimum absolute atomic E-state index is 0.309. The molecule has 1 amide bonds. The number of carbonyl (C=O) groups excluding carboxylic acids is 1. The van der Waals surface area contributed by atoms with E-state index in [1.165, 1.54) is 0 Å². The molecule has 0 saturated carbocycles. The molecule has 0 aromatic rings. The summed E-state index contributed by atoms with van der Waals surface area (Å²) >= 11 is 0. The van der Waals surface area contributed by atoms with Crippen molar-refractivity contribution in [3.05, 3.63) is 0 Å². The van der Waals surface area contributed by atoms with E-state index in [0.717, 1.165) is 0 Å². The minimum Gasteiger partial charge on any atom is -0.447 e. The second kappa shape index (κ2) is 3.31. The molecule has 1 atom stereocenters. The van der Waals surface area contributed by atoms with Gasteiger partial charge in [0.05, 0.1) is 6.61 Å². The monoisotopic (exact) mass is 173 g/mol. The van der Waals surface area contributed by atoms with Gasteiger partial charge in [-0.15, -0.1) is 0 Å². The standard InChI is InChI=1S/C8H15NO3/c1-6(2)8(4-11-3)5-12-7(10)9-8/h6H,4-5H2,1-3H3,(H,9,10). The Morgan fingerprint density at radius 1 is 1.75 bits per heavy atom. The average molecular weight is 173 g/mol. The number of rotatable bonds is 3. The van der Waals surface area contributed by atoms with Crippen molar-refractivity contribution in [1.82, 2.24) is 5.32 Å². The summed E-state index contributed by atoms with van der Waals surface area (Å²) in [5.74, 6) is 0.309. The fourth-order valence-corrected chi connectivity index (χ4v) is 1.28. The molecule has 0 bridgehead atoms. The Kier molecular flexibility index (Phi) is 2.57. The molecule has 1 aliphatic heterocycles. The van der Waals surface area contributed by atoms with E-state index in [1.807, 2.05) is 13.8 Å². The second-order valence-electron chi connectivity index (χ2n) is 3.44. The van der Waals surface area contributed by atoms with Gasteiger partial charge in [-0.05, 0) is 5.92 Å². The van der Waals surface area contributed by atoms with Gasteiger partial charge in [-0.25, -0.2) is 4.79 Å². The van der Waals surface area contributed by atoms with E-state index >= 15 is 0 Å². The SMILES string of the molecule is COCC1(C(C)C)COC(=O)N1. The summed E-state index contributed by atoms with van der Waals surface area (Å²) in [4.78, 5) is 10.8. The highest BCUT2D eigenvalue weighted by Gasteiger charge is 2.42. The lowest BCUT2D eigenvalue weighted by molar-refractivity contribution is 0.0798. The van der Waals surface area contributed by atoms with E-state index in [4.69, 9.17) is 9.47 Å². The molecule has 1 fully saturated rings. The zero-order chi connectivity index (χ0) is 9.19. The minimum atomic E-state index is -0.347. The van der Waals surface area contributed by atoms with E-state index in [-0.39, 0.29) is 11.6 Å². The van der Waals surface area contributed by atoms with Crippen LogP contribution in [0.3, 0.4) is 0 Å². The molecular weight excluding hydrogens is 158 g/mol. The Hall–Kier alpha value is -0.770. The number of methoxy groups -OCH3 is 1. The maximum Gasteiger partial charge on any atom is 0.407 e. The first-order valence-corrected chi connectivity index (χ1v) is 4.04. The average Bonchev–Trinajstić information content (AvgIpc) is 2.34. The Labute approximate surface area is 72.2 Å². The van der Waals surface area contributed by atoms with Crippen LogP contribution in [0, 0.1) is 5.92 Å². The van der Waals surface area contributed by atoms with Crippen LogP contribution in [0.5, 0.6) is 0 Å². The van der Waals surface area contributed by atoms with Crippen molar-refractivity contribution < 1.29 is 14.3 Å². The van der Waals surface area contributed by atoms with Gasteiger partial charge >= 0.3 is 6.09 Å². The molecule has 4 nitrogen and oxygen atoms in total. The summed E-state index contributed by atoms with van der Waals surface area (Å²) in [5.41, 5.74) is -0.328. The molecule has 0 aliphatic carbocycles. The lowest BCUT2D eigenvalue weighted by Crippen LogP contribution is -2.51. The van der Waals surface area contributed by atoms with Gasteiger partial charge in [-0.2, -0.15) is 0 Å². The van der Waals surface area contributed by atoms with Crippen molar-refractivity contribution in [3.8, 4) is 0 Å². The molecule has 12 heavy (non-hydrogen) atoms. The number of nitrogens with one attached hydrogen (secondary N) is 1. The third-order valence-corrected chi connectivity index (χ3v) is 2.32. The summed E-state index contributed by atoms with van der Waals surface area (Å²) in [6.07, 6.45) is -0.347. The molecule has 1 saturated heterocycles. The maximum absolute atomic E-state index is 10.8. The third-order valence-electron chi connectivity index (χ3n) is 2.32. The molecule has 0 spiro atoms. The zero-order valence-electron chi connectivity index (χ0n) is 7.72. The molecule has 1 heterocycles. The van der Waals surface area contributed by atoms with Crippen molar-refractivity contribution in [1.29, 1.82) is 0 Å². The molecule has 0 radical (unpaired) electrons. The van der Waals surface area contributed by atoms with Gasteiger partial charge in [0.1, 0.15) is 12.1 Å². The number of alkyl carbamates (subject to hydrolysis) is 1. The highest BCUT2D eigenvalue weighted by molar-refractivity contribution is 5.70. The predicted molar refractivity (Wildman–Crippen MR) is 43.9 cm³/mol. The second-order valence-corrected chi connectivity index (χ2v) is 3.44. The number of ether oxygens (including phenoxy) is 2. The summed E-state index contributed by atoms with van der Waals surface area (Å²) in [5, 5.41) is 2.78. The van der Waals surface area contributed by atoms with E-state index in [0.29, 0.717) is 19.1 Å². The van der Waals surface area contributed by atoms with Gasteiger partial charge in [-0.3, -0.25) is 0 Å². The van der Waals surface area contributed by atoms with Gasteiger partial charge < -0.3 is 14.8 Å². The molecule has 4 heteroatoms. The molecule has 70 valence electrons.